The number of hydrogen-bond acceptors (Lipinski definition) is 3. The molecule has 0 atom stereocenters. The number of aliphatic hydroxyl groups is 1. The summed E-state index contributed by atoms with van der Waals surface area (Å²) in [4.78, 5) is 7.05. The standard InChI is InChI=1S/C16H23N3O/c1-2-5-13-7-10-18(11-8-13)16-14(12-20)19-9-4-3-6-15(19)17-16/h3-4,6,9,13,20H,2,5,7-8,10-12H2,1H3. The van der Waals surface area contributed by atoms with Crippen molar-refractivity contribution in [2.45, 2.75) is 39.2 Å². The molecule has 3 rings (SSSR count). The number of pyridine rings is 1. The van der Waals surface area contributed by atoms with Crippen molar-refractivity contribution in [2.75, 3.05) is 18.0 Å². The summed E-state index contributed by atoms with van der Waals surface area (Å²) in [6.07, 6.45) is 7.08. The number of anilines is 1. The second-order valence-corrected chi connectivity index (χ2v) is 5.69. The Morgan fingerprint density at radius 1 is 1.30 bits per heavy atom. The summed E-state index contributed by atoms with van der Waals surface area (Å²) in [6, 6.07) is 5.96. The van der Waals surface area contributed by atoms with Crippen molar-refractivity contribution in [3.05, 3.63) is 30.1 Å². The first-order valence-electron chi connectivity index (χ1n) is 7.65. The molecule has 0 aliphatic carbocycles. The van der Waals surface area contributed by atoms with Crippen LogP contribution in [0.1, 0.15) is 38.3 Å². The molecule has 108 valence electrons. The van der Waals surface area contributed by atoms with E-state index in [9.17, 15) is 5.11 Å². The molecule has 1 aliphatic heterocycles. The zero-order valence-corrected chi connectivity index (χ0v) is 12.1. The molecule has 1 aliphatic rings. The molecule has 4 nitrogen and oxygen atoms in total. The average Bonchev–Trinajstić information content (AvgIpc) is 2.87. The number of rotatable bonds is 4. The molecular formula is C16H23N3O. The summed E-state index contributed by atoms with van der Waals surface area (Å²) < 4.78 is 1.99. The van der Waals surface area contributed by atoms with Crippen LogP contribution < -0.4 is 4.90 Å². The van der Waals surface area contributed by atoms with Crippen LogP contribution in [-0.2, 0) is 6.61 Å². The first-order valence-corrected chi connectivity index (χ1v) is 7.65. The Kier molecular flexibility index (Phi) is 3.92. The summed E-state index contributed by atoms with van der Waals surface area (Å²) in [5, 5.41) is 9.68. The molecule has 0 spiro atoms. The summed E-state index contributed by atoms with van der Waals surface area (Å²) >= 11 is 0. The van der Waals surface area contributed by atoms with Crippen molar-refractivity contribution in [3.8, 4) is 0 Å². The van der Waals surface area contributed by atoms with Gasteiger partial charge in [-0.15, -0.1) is 0 Å². The van der Waals surface area contributed by atoms with Crippen LogP contribution in [0.25, 0.3) is 5.65 Å². The summed E-state index contributed by atoms with van der Waals surface area (Å²) in [5.74, 6) is 1.83. The number of nitrogens with zero attached hydrogens (tertiary/aromatic N) is 3. The van der Waals surface area contributed by atoms with Gasteiger partial charge in [-0.1, -0.05) is 25.8 Å². The van der Waals surface area contributed by atoms with E-state index in [-0.39, 0.29) is 6.61 Å². The topological polar surface area (TPSA) is 40.8 Å². The molecular weight excluding hydrogens is 250 g/mol. The van der Waals surface area contributed by atoms with Gasteiger partial charge in [0.2, 0.25) is 0 Å². The summed E-state index contributed by atoms with van der Waals surface area (Å²) in [6.45, 7) is 4.41. The predicted molar refractivity (Wildman–Crippen MR) is 81.0 cm³/mol. The number of aliphatic hydroxyl groups excluding tert-OH is 1. The Balaban J connectivity index is 1.84. The Morgan fingerprint density at radius 3 is 2.80 bits per heavy atom. The maximum atomic E-state index is 9.68. The predicted octanol–water partition coefficient (Wildman–Crippen LogP) is 2.84. The smallest absolute Gasteiger partial charge is 0.153 e. The molecule has 0 aromatic carbocycles. The van der Waals surface area contributed by atoms with Gasteiger partial charge in [0.15, 0.2) is 5.82 Å². The molecule has 1 fully saturated rings. The minimum atomic E-state index is 0.0371. The lowest BCUT2D eigenvalue weighted by atomic mass is 9.92. The van der Waals surface area contributed by atoms with E-state index in [1.54, 1.807) is 0 Å². The van der Waals surface area contributed by atoms with Gasteiger partial charge >= 0.3 is 0 Å². The molecule has 1 N–H and O–H groups in total. The van der Waals surface area contributed by atoms with Crippen molar-refractivity contribution in [2.24, 2.45) is 5.92 Å². The Labute approximate surface area is 120 Å². The highest BCUT2D eigenvalue weighted by Crippen LogP contribution is 2.28. The van der Waals surface area contributed by atoms with Gasteiger partial charge in [-0.05, 0) is 30.9 Å². The van der Waals surface area contributed by atoms with Crippen LogP contribution in [0, 0.1) is 5.92 Å². The minimum absolute atomic E-state index is 0.0371. The van der Waals surface area contributed by atoms with Gasteiger partial charge in [-0.25, -0.2) is 4.98 Å². The zero-order valence-electron chi connectivity index (χ0n) is 12.1. The Bertz CT molecular complexity index is 570. The van der Waals surface area contributed by atoms with Gasteiger partial charge in [0.1, 0.15) is 5.65 Å². The van der Waals surface area contributed by atoms with Gasteiger partial charge in [0.05, 0.1) is 12.3 Å². The molecule has 1 saturated heterocycles. The molecule has 2 aromatic heterocycles. The van der Waals surface area contributed by atoms with Gasteiger partial charge in [-0.2, -0.15) is 0 Å². The maximum absolute atomic E-state index is 9.68. The monoisotopic (exact) mass is 273 g/mol. The average molecular weight is 273 g/mol. The summed E-state index contributed by atoms with van der Waals surface area (Å²) in [5.41, 5.74) is 1.83. The van der Waals surface area contributed by atoms with Crippen molar-refractivity contribution in [1.82, 2.24) is 9.38 Å². The maximum Gasteiger partial charge on any atom is 0.153 e. The van der Waals surface area contributed by atoms with Crippen molar-refractivity contribution >= 4 is 11.5 Å². The van der Waals surface area contributed by atoms with Crippen LogP contribution in [-0.4, -0.2) is 27.6 Å². The molecule has 4 heteroatoms. The number of imidazole rings is 1. The Hall–Kier alpha value is -1.55. The highest BCUT2D eigenvalue weighted by atomic mass is 16.3. The normalized spacial score (nSPS) is 17.0. The van der Waals surface area contributed by atoms with E-state index < -0.39 is 0 Å². The minimum Gasteiger partial charge on any atom is -0.390 e. The van der Waals surface area contributed by atoms with E-state index >= 15 is 0 Å². The van der Waals surface area contributed by atoms with E-state index in [1.807, 2.05) is 28.8 Å². The van der Waals surface area contributed by atoms with E-state index in [0.717, 1.165) is 36.2 Å². The van der Waals surface area contributed by atoms with Crippen LogP contribution >= 0.6 is 0 Å². The molecule has 0 bridgehead atoms. The molecule has 20 heavy (non-hydrogen) atoms. The van der Waals surface area contributed by atoms with E-state index in [2.05, 4.69) is 11.8 Å². The van der Waals surface area contributed by atoms with E-state index in [0.29, 0.717) is 0 Å². The van der Waals surface area contributed by atoms with Crippen molar-refractivity contribution in [1.29, 1.82) is 0 Å². The third-order valence-corrected chi connectivity index (χ3v) is 4.37. The van der Waals surface area contributed by atoms with Crippen molar-refractivity contribution in [3.63, 3.8) is 0 Å². The number of fused-ring (bicyclic) bond motifs is 1. The number of hydrogen-bond donors (Lipinski definition) is 1. The molecule has 2 aromatic rings. The van der Waals surface area contributed by atoms with Crippen LogP contribution in [0.2, 0.25) is 0 Å². The van der Waals surface area contributed by atoms with Gasteiger partial charge in [-0.3, -0.25) is 4.40 Å². The molecule has 0 unspecified atom stereocenters. The van der Waals surface area contributed by atoms with Gasteiger partial charge < -0.3 is 10.0 Å². The first kappa shape index (κ1) is 13.4. The largest absolute Gasteiger partial charge is 0.390 e. The molecule has 3 heterocycles. The number of aromatic nitrogens is 2. The fourth-order valence-corrected chi connectivity index (χ4v) is 3.28. The third-order valence-electron chi connectivity index (χ3n) is 4.37. The lowest BCUT2D eigenvalue weighted by molar-refractivity contribution is 0.275. The first-order chi connectivity index (χ1) is 9.83. The zero-order chi connectivity index (χ0) is 13.9. The lowest BCUT2D eigenvalue weighted by Gasteiger charge is -2.32. The quantitative estimate of drug-likeness (QED) is 0.931. The van der Waals surface area contributed by atoms with Crippen LogP contribution in [0.4, 0.5) is 5.82 Å². The van der Waals surface area contributed by atoms with E-state index in [1.165, 1.54) is 25.7 Å². The fourth-order valence-electron chi connectivity index (χ4n) is 3.28. The second kappa shape index (κ2) is 5.83. The van der Waals surface area contributed by atoms with Crippen LogP contribution in [0.3, 0.4) is 0 Å². The second-order valence-electron chi connectivity index (χ2n) is 5.69. The fraction of sp³-hybridized carbons (Fsp3) is 0.562. The van der Waals surface area contributed by atoms with Gasteiger partial charge in [0, 0.05) is 19.3 Å². The van der Waals surface area contributed by atoms with E-state index in [4.69, 9.17) is 4.98 Å². The highest BCUT2D eigenvalue weighted by Gasteiger charge is 2.23. The van der Waals surface area contributed by atoms with Crippen molar-refractivity contribution < 1.29 is 5.11 Å². The Morgan fingerprint density at radius 2 is 2.10 bits per heavy atom. The number of piperidine rings is 1. The summed E-state index contributed by atoms with van der Waals surface area (Å²) in [7, 11) is 0. The highest BCUT2D eigenvalue weighted by molar-refractivity contribution is 5.56. The lowest BCUT2D eigenvalue weighted by Crippen LogP contribution is -2.34. The SMILES string of the molecule is CCCC1CCN(c2nc3ccccn3c2CO)CC1. The third kappa shape index (κ3) is 2.40. The van der Waals surface area contributed by atoms with Crippen LogP contribution in [0.5, 0.6) is 0 Å². The molecule has 0 saturated carbocycles. The molecule has 0 amide bonds. The molecule has 0 radical (unpaired) electrons. The van der Waals surface area contributed by atoms with Crippen LogP contribution in [0.15, 0.2) is 24.4 Å². The van der Waals surface area contributed by atoms with Gasteiger partial charge in [0.25, 0.3) is 0 Å².